The number of pyridine rings is 1. The van der Waals surface area contributed by atoms with Crippen LogP contribution < -0.4 is 5.43 Å². The fourth-order valence-corrected chi connectivity index (χ4v) is 3.12. The molecule has 0 aliphatic carbocycles. The van der Waals surface area contributed by atoms with E-state index >= 15 is 0 Å². The van der Waals surface area contributed by atoms with Crippen LogP contribution in [0, 0.1) is 0 Å². The standard InChI is InChI=1S/C18H14N2O3/c1-20-14-8-7-10(18(22)23-2)9-12(14)16(21)15-11-5-3-4-6-13(11)19-17(15)20/h3-9,19H,1-2H3. The molecule has 0 fully saturated rings. The van der Waals surface area contributed by atoms with Crippen molar-refractivity contribution in [1.82, 2.24) is 9.55 Å². The van der Waals surface area contributed by atoms with E-state index in [1.165, 1.54) is 7.11 Å². The molecular weight excluding hydrogens is 292 g/mol. The van der Waals surface area contributed by atoms with E-state index in [4.69, 9.17) is 4.74 Å². The SMILES string of the molecule is COC(=O)c1ccc2c(c1)c(=O)c1c3ccccc3[nH]c1n2C. The number of H-pyrrole nitrogens is 1. The summed E-state index contributed by atoms with van der Waals surface area (Å²) in [5.74, 6) is -0.451. The van der Waals surface area contributed by atoms with Crippen molar-refractivity contribution in [3.8, 4) is 0 Å². The van der Waals surface area contributed by atoms with E-state index in [0.717, 1.165) is 22.1 Å². The molecule has 4 rings (SSSR count). The van der Waals surface area contributed by atoms with Crippen LogP contribution in [0.3, 0.4) is 0 Å². The molecule has 0 saturated carbocycles. The van der Waals surface area contributed by atoms with E-state index in [-0.39, 0.29) is 5.43 Å². The largest absolute Gasteiger partial charge is 0.465 e. The number of carbonyl (C=O) groups is 1. The first kappa shape index (κ1) is 13.6. The van der Waals surface area contributed by atoms with E-state index < -0.39 is 5.97 Å². The highest BCUT2D eigenvalue weighted by molar-refractivity contribution is 6.10. The number of rotatable bonds is 1. The number of methoxy groups -OCH3 is 1. The van der Waals surface area contributed by atoms with Crippen LogP contribution in [0.1, 0.15) is 10.4 Å². The molecule has 0 aliphatic rings. The number of hydrogen-bond donors (Lipinski definition) is 1. The number of esters is 1. The lowest BCUT2D eigenvalue weighted by Gasteiger charge is -2.08. The smallest absolute Gasteiger partial charge is 0.337 e. The quantitative estimate of drug-likeness (QED) is 0.550. The molecule has 0 bridgehead atoms. The average molecular weight is 306 g/mol. The molecule has 0 amide bonds. The van der Waals surface area contributed by atoms with Gasteiger partial charge in [0.1, 0.15) is 5.65 Å². The van der Waals surface area contributed by atoms with Crippen LogP contribution in [0.2, 0.25) is 0 Å². The van der Waals surface area contributed by atoms with Crippen molar-refractivity contribution in [3.63, 3.8) is 0 Å². The first-order valence-electron chi connectivity index (χ1n) is 7.23. The fourth-order valence-electron chi connectivity index (χ4n) is 3.12. The van der Waals surface area contributed by atoms with Crippen LogP contribution in [0.4, 0.5) is 0 Å². The van der Waals surface area contributed by atoms with Crippen molar-refractivity contribution in [3.05, 3.63) is 58.3 Å². The fraction of sp³-hybridized carbons (Fsp3) is 0.111. The van der Waals surface area contributed by atoms with Crippen molar-refractivity contribution < 1.29 is 9.53 Å². The predicted octanol–water partition coefficient (Wildman–Crippen LogP) is 2.96. The van der Waals surface area contributed by atoms with Crippen molar-refractivity contribution in [2.45, 2.75) is 0 Å². The second-order valence-electron chi connectivity index (χ2n) is 5.51. The average Bonchev–Trinajstić information content (AvgIpc) is 2.98. The maximum absolute atomic E-state index is 13.0. The van der Waals surface area contributed by atoms with Gasteiger partial charge >= 0.3 is 5.97 Å². The van der Waals surface area contributed by atoms with Gasteiger partial charge in [-0.25, -0.2) is 4.79 Å². The van der Waals surface area contributed by atoms with Gasteiger partial charge in [-0.05, 0) is 24.3 Å². The second kappa shape index (κ2) is 4.71. The number of aromatic amines is 1. The molecule has 114 valence electrons. The highest BCUT2D eigenvalue weighted by Gasteiger charge is 2.15. The number of carbonyl (C=O) groups excluding carboxylic acids is 1. The van der Waals surface area contributed by atoms with Crippen molar-refractivity contribution in [2.75, 3.05) is 7.11 Å². The lowest BCUT2D eigenvalue weighted by molar-refractivity contribution is 0.0601. The topological polar surface area (TPSA) is 64.1 Å². The Morgan fingerprint density at radius 3 is 2.70 bits per heavy atom. The lowest BCUT2D eigenvalue weighted by atomic mass is 10.1. The molecule has 0 spiro atoms. The number of aryl methyl sites for hydroxylation is 1. The van der Waals surface area contributed by atoms with E-state index in [1.807, 2.05) is 35.9 Å². The van der Waals surface area contributed by atoms with Gasteiger partial charge in [-0.2, -0.15) is 0 Å². The lowest BCUT2D eigenvalue weighted by Crippen LogP contribution is -2.10. The molecule has 2 heterocycles. The molecular formula is C18H14N2O3. The Morgan fingerprint density at radius 1 is 1.13 bits per heavy atom. The summed E-state index contributed by atoms with van der Waals surface area (Å²) in [6, 6.07) is 12.7. The Balaban J connectivity index is 2.22. The molecule has 2 aromatic heterocycles. The zero-order valence-corrected chi connectivity index (χ0v) is 12.7. The van der Waals surface area contributed by atoms with Crippen LogP contribution >= 0.6 is 0 Å². The summed E-state index contributed by atoms with van der Waals surface area (Å²) in [6.45, 7) is 0. The molecule has 5 heteroatoms. The minimum absolute atomic E-state index is 0.0868. The van der Waals surface area contributed by atoms with Crippen molar-refractivity contribution in [2.24, 2.45) is 7.05 Å². The number of ether oxygens (including phenoxy) is 1. The van der Waals surface area contributed by atoms with Crippen molar-refractivity contribution >= 4 is 38.8 Å². The minimum Gasteiger partial charge on any atom is -0.465 e. The second-order valence-corrected chi connectivity index (χ2v) is 5.51. The number of benzene rings is 2. The van der Waals surface area contributed by atoms with Gasteiger partial charge in [0.15, 0.2) is 5.43 Å². The summed E-state index contributed by atoms with van der Waals surface area (Å²) < 4.78 is 6.68. The maximum atomic E-state index is 13.0. The van der Waals surface area contributed by atoms with E-state index in [2.05, 4.69) is 4.98 Å². The van der Waals surface area contributed by atoms with Gasteiger partial charge in [0.25, 0.3) is 0 Å². The van der Waals surface area contributed by atoms with Gasteiger partial charge in [0, 0.05) is 23.3 Å². The van der Waals surface area contributed by atoms with Gasteiger partial charge in [-0.3, -0.25) is 4.79 Å². The molecule has 2 aromatic carbocycles. The molecule has 5 nitrogen and oxygen atoms in total. The summed E-state index contributed by atoms with van der Waals surface area (Å²) in [5, 5.41) is 2.03. The summed E-state index contributed by atoms with van der Waals surface area (Å²) in [5.41, 5.74) is 2.74. The highest BCUT2D eigenvalue weighted by Crippen LogP contribution is 2.25. The van der Waals surface area contributed by atoms with Gasteiger partial charge in [0.05, 0.1) is 23.6 Å². The third-order valence-electron chi connectivity index (χ3n) is 4.27. The van der Waals surface area contributed by atoms with Crippen molar-refractivity contribution in [1.29, 1.82) is 0 Å². The number of nitrogens with zero attached hydrogens (tertiary/aromatic N) is 1. The third-order valence-corrected chi connectivity index (χ3v) is 4.27. The number of hydrogen-bond acceptors (Lipinski definition) is 3. The van der Waals surface area contributed by atoms with Crippen LogP contribution in [-0.4, -0.2) is 22.6 Å². The Kier molecular flexibility index (Phi) is 2.78. The zero-order valence-electron chi connectivity index (χ0n) is 12.7. The van der Waals surface area contributed by atoms with E-state index in [0.29, 0.717) is 16.3 Å². The summed E-state index contributed by atoms with van der Waals surface area (Å²) >= 11 is 0. The molecule has 0 radical (unpaired) electrons. The van der Waals surface area contributed by atoms with Crippen LogP contribution in [0.15, 0.2) is 47.3 Å². The first-order valence-corrected chi connectivity index (χ1v) is 7.23. The van der Waals surface area contributed by atoms with Crippen LogP contribution in [-0.2, 0) is 11.8 Å². The van der Waals surface area contributed by atoms with Crippen LogP contribution in [0.25, 0.3) is 32.8 Å². The molecule has 0 aliphatic heterocycles. The first-order chi connectivity index (χ1) is 11.1. The molecule has 23 heavy (non-hydrogen) atoms. The van der Waals surface area contributed by atoms with Crippen LogP contribution in [0.5, 0.6) is 0 Å². The number of nitrogens with one attached hydrogen (secondary N) is 1. The van der Waals surface area contributed by atoms with Gasteiger partial charge in [-0.1, -0.05) is 18.2 Å². The molecule has 0 saturated heterocycles. The number of aromatic nitrogens is 2. The molecule has 4 aromatic rings. The third kappa shape index (κ3) is 1.80. The molecule has 0 unspecified atom stereocenters. The Morgan fingerprint density at radius 2 is 1.91 bits per heavy atom. The summed E-state index contributed by atoms with van der Waals surface area (Å²) in [6.07, 6.45) is 0. The molecule has 1 N–H and O–H groups in total. The Hall–Kier alpha value is -3.08. The van der Waals surface area contributed by atoms with Gasteiger partial charge < -0.3 is 14.3 Å². The predicted molar refractivity (Wildman–Crippen MR) is 89.9 cm³/mol. The zero-order chi connectivity index (χ0) is 16.1. The monoisotopic (exact) mass is 306 g/mol. The minimum atomic E-state index is -0.451. The molecule has 0 atom stereocenters. The van der Waals surface area contributed by atoms with E-state index in [1.54, 1.807) is 18.2 Å². The highest BCUT2D eigenvalue weighted by atomic mass is 16.5. The van der Waals surface area contributed by atoms with Gasteiger partial charge in [-0.15, -0.1) is 0 Å². The normalized spacial score (nSPS) is 11.4. The Bertz CT molecular complexity index is 1150. The van der Waals surface area contributed by atoms with Gasteiger partial charge in [0.2, 0.25) is 0 Å². The Labute approximate surface area is 131 Å². The maximum Gasteiger partial charge on any atom is 0.337 e. The summed E-state index contributed by atoms with van der Waals surface area (Å²) in [7, 11) is 3.23. The van der Waals surface area contributed by atoms with E-state index in [9.17, 15) is 9.59 Å². The number of para-hydroxylation sites is 1. The number of fused-ring (bicyclic) bond motifs is 4. The summed E-state index contributed by atoms with van der Waals surface area (Å²) in [4.78, 5) is 28.0.